The van der Waals surface area contributed by atoms with Gasteiger partial charge in [-0.25, -0.2) is 9.97 Å². The van der Waals surface area contributed by atoms with Crippen LogP contribution in [-0.4, -0.2) is 29.0 Å². The van der Waals surface area contributed by atoms with E-state index in [1.165, 1.54) is 12.1 Å². The molecular formula is C22H18F3N5O2. The van der Waals surface area contributed by atoms with Crippen molar-refractivity contribution in [3.8, 4) is 17.1 Å². The molecule has 0 unspecified atom stereocenters. The second kappa shape index (κ2) is 8.58. The number of fused-ring (bicyclic) bond motifs is 1. The lowest BCUT2D eigenvalue weighted by atomic mass is 10.1. The highest BCUT2D eigenvalue weighted by molar-refractivity contribution is 5.99. The Kier molecular flexibility index (Phi) is 5.67. The van der Waals surface area contributed by atoms with Gasteiger partial charge in [-0.15, -0.1) is 0 Å². The topological polar surface area (TPSA) is 88.2 Å². The van der Waals surface area contributed by atoms with E-state index in [2.05, 4.69) is 32.5 Å². The fraction of sp³-hybridized carbons (Fsp3) is 0.136. The first-order valence-corrected chi connectivity index (χ1v) is 9.59. The number of alkyl halides is 3. The van der Waals surface area contributed by atoms with Crippen molar-refractivity contribution in [2.75, 3.05) is 29.1 Å². The zero-order valence-electron chi connectivity index (χ0n) is 16.7. The molecular weight excluding hydrogens is 423 g/mol. The van der Waals surface area contributed by atoms with Crippen LogP contribution in [0.1, 0.15) is 5.56 Å². The van der Waals surface area contributed by atoms with E-state index in [1.807, 2.05) is 0 Å². The van der Waals surface area contributed by atoms with Crippen LogP contribution in [0.15, 0.2) is 61.3 Å². The summed E-state index contributed by atoms with van der Waals surface area (Å²) in [7, 11) is 0. The van der Waals surface area contributed by atoms with Crippen LogP contribution >= 0.6 is 0 Å². The molecule has 0 aliphatic carbocycles. The minimum atomic E-state index is -4.42. The highest BCUT2D eigenvalue weighted by Gasteiger charge is 2.30. The third-order valence-electron chi connectivity index (χ3n) is 4.61. The molecule has 4 rings (SSSR count). The van der Waals surface area contributed by atoms with E-state index in [0.29, 0.717) is 53.2 Å². The predicted octanol–water partition coefficient (Wildman–Crippen LogP) is 4.83. The summed E-state index contributed by atoms with van der Waals surface area (Å²) in [6.07, 6.45) is -1.73. The lowest BCUT2D eigenvalue weighted by Crippen LogP contribution is -2.19. The molecule has 0 saturated carbocycles. The number of hydrogen-bond acceptors (Lipinski definition) is 6. The zero-order chi connectivity index (χ0) is 22.7. The molecule has 2 aromatic carbocycles. The number of amides is 1. The minimum Gasteiger partial charge on any atom is -0.486 e. The number of aromatic nitrogens is 2. The summed E-state index contributed by atoms with van der Waals surface area (Å²) in [6, 6.07) is 9.66. The third-order valence-corrected chi connectivity index (χ3v) is 4.61. The van der Waals surface area contributed by atoms with Gasteiger partial charge in [0.05, 0.1) is 18.3 Å². The van der Waals surface area contributed by atoms with E-state index < -0.39 is 11.7 Å². The molecule has 164 valence electrons. The molecule has 3 aromatic rings. The number of nitrogens with zero attached hydrogens (tertiary/aromatic N) is 2. The van der Waals surface area contributed by atoms with E-state index in [4.69, 9.17) is 4.74 Å². The molecule has 10 heteroatoms. The molecule has 2 heterocycles. The number of anilines is 4. The Balaban J connectivity index is 1.71. The van der Waals surface area contributed by atoms with Crippen molar-refractivity contribution in [3.05, 3.63) is 66.9 Å². The van der Waals surface area contributed by atoms with E-state index in [9.17, 15) is 18.0 Å². The van der Waals surface area contributed by atoms with Gasteiger partial charge in [-0.05, 0) is 48.5 Å². The molecule has 3 N–H and O–H groups in total. The van der Waals surface area contributed by atoms with Crippen LogP contribution in [0, 0.1) is 0 Å². The molecule has 0 fully saturated rings. The van der Waals surface area contributed by atoms with Gasteiger partial charge in [0.1, 0.15) is 6.61 Å². The maximum absolute atomic E-state index is 12.9. The first-order valence-electron chi connectivity index (χ1n) is 9.59. The van der Waals surface area contributed by atoms with E-state index in [0.717, 1.165) is 18.2 Å². The number of ether oxygens (including phenoxy) is 1. The summed E-state index contributed by atoms with van der Waals surface area (Å²) < 4.78 is 44.1. The van der Waals surface area contributed by atoms with Crippen molar-refractivity contribution >= 4 is 28.8 Å². The van der Waals surface area contributed by atoms with Crippen molar-refractivity contribution < 1.29 is 22.7 Å². The van der Waals surface area contributed by atoms with Gasteiger partial charge >= 0.3 is 6.18 Å². The number of nitrogens with one attached hydrogen (secondary N) is 3. The number of carbonyl (C=O) groups excluding carboxylic acids is 1. The average molecular weight is 441 g/mol. The Morgan fingerprint density at radius 2 is 1.91 bits per heavy atom. The quantitative estimate of drug-likeness (QED) is 0.492. The van der Waals surface area contributed by atoms with Gasteiger partial charge in [-0.3, -0.25) is 4.79 Å². The Morgan fingerprint density at radius 3 is 2.62 bits per heavy atom. The molecule has 7 nitrogen and oxygen atoms in total. The van der Waals surface area contributed by atoms with Crippen LogP contribution in [0.3, 0.4) is 0 Å². The van der Waals surface area contributed by atoms with E-state index in [-0.39, 0.29) is 5.91 Å². The lowest BCUT2D eigenvalue weighted by Gasteiger charge is -2.19. The standard InChI is InChI=1S/C22H18F3N5O2/c1-2-19(31)29-15-7-8-17(28-14-5-3-13(4-6-14)22(23,24)25)16(11-15)20-27-12-18-21(30-20)26-9-10-32-18/h2-8,11-12,28H,1,9-10H2,(H,29,31)(H,26,27,30). The predicted molar refractivity (Wildman–Crippen MR) is 115 cm³/mol. The molecule has 0 spiro atoms. The largest absolute Gasteiger partial charge is 0.486 e. The molecule has 1 aliphatic rings. The average Bonchev–Trinajstić information content (AvgIpc) is 2.79. The smallest absolute Gasteiger partial charge is 0.416 e. The lowest BCUT2D eigenvalue weighted by molar-refractivity contribution is -0.137. The van der Waals surface area contributed by atoms with Gasteiger partial charge < -0.3 is 20.7 Å². The van der Waals surface area contributed by atoms with Crippen LogP contribution in [-0.2, 0) is 11.0 Å². The number of benzene rings is 2. The summed E-state index contributed by atoms with van der Waals surface area (Å²) in [4.78, 5) is 20.6. The fourth-order valence-electron chi connectivity index (χ4n) is 3.07. The maximum atomic E-state index is 12.9. The van der Waals surface area contributed by atoms with Crippen molar-refractivity contribution in [2.24, 2.45) is 0 Å². The second-order valence-electron chi connectivity index (χ2n) is 6.84. The number of halogens is 3. The number of rotatable bonds is 5. The number of hydrogen-bond donors (Lipinski definition) is 3. The Bertz CT molecular complexity index is 1160. The van der Waals surface area contributed by atoms with Crippen LogP contribution in [0.4, 0.5) is 36.1 Å². The highest BCUT2D eigenvalue weighted by atomic mass is 19.4. The molecule has 1 aliphatic heterocycles. The molecule has 1 amide bonds. The first kappa shape index (κ1) is 21.2. The van der Waals surface area contributed by atoms with Crippen LogP contribution < -0.4 is 20.7 Å². The second-order valence-corrected chi connectivity index (χ2v) is 6.84. The monoisotopic (exact) mass is 441 g/mol. The fourth-order valence-corrected chi connectivity index (χ4v) is 3.07. The summed E-state index contributed by atoms with van der Waals surface area (Å²) >= 11 is 0. The van der Waals surface area contributed by atoms with Crippen LogP contribution in [0.2, 0.25) is 0 Å². The van der Waals surface area contributed by atoms with Gasteiger partial charge in [0, 0.05) is 22.6 Å². The first-order chi connectivity index (χ1) is 15.3. The van der Waals surface area contributed by atoms with Gasteiger partial charge in [0.15, 0.2) is 17.4 Å². The zero-order valence-corrected chi connectivity index (χ0v) is 16.7. The van der Waals surface area contributed by atoms with Gasteiger partial charge in [0.2, 0.25) is 5.91 Å². The summed E-state index contributed by atoms with van der Waals surface area (Å²) in [6.45, 7) is 4.52. The molecule has 32 heavy (non-hydrogen) atoms. The maximum Gasteiger partial charge on any atom is 0.416 e. The Labute approximate surface area is 181 Å². The summed E-state index contributed by atoms with van der Waals surface area (Å²) in [5.41, 5.74) is 1.25. The molecule has 0 bridgehead atoms. The molecule has 1 aromatic heterocycles. The van der Waals surface area contributed by atoms with E-state index in [1.54, 1.807) is 24.4 Å². The number of carbonyl (C=O) groups is 1. The van der Waals surface area contributed by atoms with Crippen molar-refractivity contribution in [1.29, 1.82) is 0 Å². The normalized spacial score (nSPS) is 12.7. The van der Waals surface area contributed by atoms with Crippen molar-refractivity contribution in [2.45, 2.75) is 6.18 Å². The van der Waals surface area contributed by atoms with E-state index >= 15 is 0 Å². The van der Waals surface area contributed by atoms with Gasteiger partial charge in [-0.2, -0.15) is 13.2 Å². The minimum absolute atomic E-state index is 0.339. The molecule has 0 radical (unpaired) electrons. The summed E-state index contributed by atoms with van der Waals surface area (Å²) in [5, 5.41) is 8.90. The molecule has 0 atom stereocenters. The van der Waals surface area contributed by atoms with Gasteiger partial charge in [0.25, 0.3) is 0 Å². The Hall–Kier alpha value is -4.08. The highest BCUT2D eigenvalue weighted by Crippen LogP contribution is 2.35. The van der Waals surface area contributed by atoms with Crippen LogP contribution in [0.25, 0.3) is 11.4 Å². The third kappa shape index (κ3) is 4.64. The van der Waals surface area contributed by atoms with Crippen LogP contribution in [0.5, 0.6) is 5.75 Å². The summed E-state index contributed by atoms with van der Waals surface area (Å²) in [5.74, 6) is 1.00. The molecule has 0 saturated heterocycles. The SMILES string of the molecule is C=CC(=O)Nc1ccc(Nc2ccc(C(F)(F)F)cc2)c(-c2ncc3c(n2)NCCO3)c1. The van der Waals surface area contributed by atoms with Crippen molar-refractivity contribution in [1.82, 2.24) is 9.97 Å². The Morgan fingerprint density at radius 1 is 1.16 bits per heavy atom. The van der Waals surface area contributed by atoms with Gasteiger partial charge in [-0.1, -0.05) is 6.58 Å². The van der Waals surface area contributed by atoms with Crippen molar-refractivity contribution in [3.63, 3.8) is 0 Å².